The third-order valence-corrected chi connectivity index (χ3v) is 6.47. The number of benzene rings is 2. The lowest BCUT2D eigenvalue weighted by Gasteiger charge is -2.26. The summed E-state index contributed by atoms with van der Waals surface area (Å²) in [4.78, 5) is 6.71. The molecule has 2 aromatic heterocycles. The SMILES string of the molecule is Cc1cccc(N2C(=S)N[C@H](c3ccccn3)[C@H]2c2ccc(-c3ccc(C)c(Cl)c3)o2)c1. The fraction of sp³-hybridized carbons (Fsp3) is 0.154. The second kappa shape index (κ2) is 8.41. The third-order valence-electron chi connectivity index (χ3n) is 5.75. The van der Waals surface area contributed by atoms with Crippen LogP contribution in [0, 0.1) is 13.8 Å². The number of hydrogen-bond donors (Lipinski definition) is 1. The summed E-state index contributed by atoms with van der Waals surface area (Å²) in [5.74, 6) is 1.57. The van der Waals surface area contributed by atoms with Gasteiger partial charge in [-0.1, -0.05) is 41.9 Å². The molecule has 0 unspecified atom stereocenters. The van der Waals surface area contributed by atoms with Crippen LogP contribution in [0.3, 0.4) is 0 Å². The van der Waals surface area contributed by atoms with Gasteiger partial charge in [0.15, 0.2) is 5.11 Å². The van der Waals surface area contributed by atoms with Crippen LogP contribution in [-0.2, 0) is 0 Å². The number of pyridine rings is 1. The Morgan fingerprint density at radius 2 is 1.88 bits per heavy atom. The van der Waals surface area contributed by atoms with E-state index in [4.69, 9.17) is 28.2 Å². The molecule has 0 saturated carbocycles. The van der Waals surface area contributed by atoms with Gasteiger partial charge in [-0.25, -0.2) is 0 Å². The van der Waals surface area contributed by atoms with Gasteiger partial charge < -0.3 is 14.6 Å². The zero-order valence-corrected chi connectivity index (χ0v) is 19.3. The van der Waals surface area contributed by atoms with Crippen LogP contribution in [0.2, 0.25) is 5.02 Å². The van der Waals surface area contributed by atoms with Gasteiger partial charge in [0.05, 0.1) is 11.7 Å². The highest BCUT2D eigenvalue weighted by atomic mass is 35.5. The third kappa shape index (κ3) is 3.78. The van der Waals surface area contributed by atoms with Crippen molar-refractivity contribution in [1.82, 2.24) is 10.3 Å². The summed E-state index contributed by atoms with van der Waals surface area (Å²) < 4.78 is 6.40. The van der Waals surface area contributed by atoms with Gasteiger partial charge >= 0.3 is 0 Å². The highest BCUT2D eigenvalue weighted by molar-refractivity contribution is 7.80. The molecule has 1 fully saturated rings. The van der Waals surface area contributed by atoms with Gasteiger partial charge in [-0.15, -0.1) is 0 Å². The molecule has 32 heavy (non-hydrogen) atoms. The summed E-state index contributed by atoms with van der Waals surface area (Å²) >= 11 is 12.1. The summed E-state index contributed by atoms with van der Waals surface area (Å²) in [6.07, 6.45) is 1.80. The molecule has 0 bridgehead atoms. The van der Waals surface area contributed by atoms with E-state index in [1.165, 1.54) is 5.56 Å². The first-order valence-electron chi connectivity index (χ1n) is 10.4. The Hall–Kier alpha value is -3.15. The molecule has 2 atom stereocenters. The highest BCUT2D eigenvalue weighted by Crippen LogP contribution is 2.43. The molecule has 0 amide bonds. The van der Waals surface area contributed by atoms with Crippen LogP contribution < -0.4 is 10.2 Å². The van der Waals surface area contributed by atoms with Crippen molar-refractivity contribution in [3.63, 3.8) is 0 Å². The summed E-state index contributed by atoms with van der Waals surface area (Å²) in [6, 6.07) is 23.9. The van der Waals surface area contributed by atoms with Crippen LogP contribution in [-0.4, -0.2) is 10.1 Å². The number of aromatic nitrogens is 1. The zero-order valence-electron chi connectivity index (χ0n) is 17.7. The van der Waals surface area contributed by atoms with E-state index >= 15 is 0 Å². The fourth-order valence-electron chi connectivity index (χ4n) is 4.11. The second-order valence-electron chi connectivity index (χ2n) is 8.00. The lowest BCUT2D eigenvalue weighted by molar-refractivity contribution is 0.439. The Bertz CT molecular complexity index is 1290. The fourth-order valence-corrected chi connectivity index (χ4v) is 4.64. The van der Waals surface area contributed by atoms with Crippen molar-refractivity contribution in [3.05, 3.63) is 107 Å². The maximum absolute atomic E-state index is 6.40. The second-order valence-corrected chi connectivity index (χ2v) is 8.80. The molecule has 160 valence electrons. The smallest absolute Gasteiger partial charge is 0.174 e. The van der Waals surface area contributed by atoms with Crippen molar-refractivity contribution in [2.75, 3.05) is 4.90 Å². The van der Waals surface area contributed by atoms with E-state index < -0.39 is 0 Å². The molecular weight excluding hydrogens is 438 g/mol. The largest absolute Gasteiger partial charge is 0.459 e. The average molecular weight is 460 g/mol. The summed E-state index contributed by atoms with van der Waals surface area (Å²) in [6.45, 7) is 4.06. The van der Waals surface area contributed by atoms with Crippen molar-refractivity contribution < 1.29 is 4.42 Å². The van der Waals surface area contributed by atoms with Crippen LogP contribution in [0.1, 0.15) is 34.7 Å². The maximum atomic E-state index is 6.40. The lowest BCUT2D eigenvalue weighted by Crippen LogP contribution is -2.29. The summed E-state index contributed by atoms with van der Waals surface area (Å²) in [5, 5.41) is 4.83. The molecule has 0 spiro atoms. The number of aryl methyl sites for hydroxylation is 2. The number of halogens is 1. The monoisotopic (exact) mass is 459 g/mol. The minimum atomic E-state index is -0.186. The first kappa shape index (κ1) is 20.7. The highest BCUT2D eigenvalue weighted by Gasteiger charge is 2.42. The Labute approximate surface area is 197 Å². The number of anilines is 1. The quantitative estimate of drug-likeness (QED) is 0.340. The normalized spacial score (nSPS) is 18.1. The number of thiocarbonyl (C=S) groups is 1. The van der Waals surface area contributed by atoms with Crippen molar-refractivity contribution in [1.29, 1.82) is 0 Å². The van der Waals surface area contributed by atoms with E-state index in [9.17, 15) is 0 Å². The molecule has 1 saturated heterocycles. The van der Waals surface area contributed by atoms with Crippen LogP contribution in [0.15, 0.2) is 83.4 Å². The molecule has 1 N–H and O–H groups in total. The number of furan rings is 1. The molecule has 0 aliphatic carbocycles. The molecular formula is C26H22ClN3OS. The van der Waals surface area contributed by atoms with E-state index in [0.29, 0.717) is 5.11 Å². The minimum Gasteiger partial charge on any atom is -0.459 e. The van der Waals surface area contributed by atoms with Gasteiger partial charge in [0.1, 0.15) is 17.6 Å². The zero-order chi connectivity index (χ0) is 22.2. The summed E-state index contributed by atoms with van der Waals surface area (Å²) in [7, 11) is 0. The number of rotatable bonds is 4. The van der Waals surface area contributed by atoms with Crippen LogP contribution >= 0.6 is 23.8 Å². The predicted octanol–water partition coefficient (Wildman–Crippen LogP) is 6.79. The van der Waals surface area contributed by atoms with Crippen LogP contribution in [0.25, 0.3) is 11.3 Å². The van der Waals surface area contributed by atoms with Gasteiger partial charge in [-0.3, -0.25) is 4.98 Å². The van der Waals surface area contributed by atoms with Crippen molar-refractivity contribution in [3.8, 4) is 11.3 Å². The van der Waals surface area contributed by atoms with Gasteiger partial charge in [0, 0.05) is 22.5 Å². The first-order chi connectivity index (χ1) is 15.5. The number of hydrogen-bond acceptors (Lipinski definition) is 3. The molecule has 2 aromatic carbocycles. The van der Waals surface area contributed by atoms with Crippen molar-refractivity contribution in [2.24, 2.45) is 0 Å². The first-order valence-corrected chi connectivity index (χ1v) is 11.2. The van der Waals surface area contributed by atoms with Gasteiger partial charge in [-0.2, -0.15) is 0 Å². The van der Waals surface area contributed by atoms with E-state index in [1.807, 2.05) is 61.5 Å². The maximum Gasteiger partial charge on any atom is 0.174 e. The Kier molecular flexibility index (Phi) is 5.45. The van der Waals surface area contributed by atoms with Gasteiger partial charge in [0.25, 0.3) is 0 Å². The predicted molar refractivity (Wildman–Crippen MR) is 133 cm³/mol. The topological polar surface area (TPSA) is 41.3 Å². The Morgan fingerprint density at radius 3 is 2.62 bits per heavy atom. The molecule has 4 aromatic rings. The molecule has 4 nitrogen and oxygen atoms in total. The standard InChI is InChI=1S/C26H22ClN3OS/c1-16-6-5-7-19(14-16)30-25(24(29-26(30)32)21-8-3-4-13-28-21)23-12-11-22(31-23)18-10-9-17(2)20(27)15-18/h3-15,24-25H,1-2H3,(H,29,32)/t24-,25-/m1/s1. The van der Waals surface area contributed by atoms with Crippen molar-refractivity contribution >= 4 is 34.6 Å². The minimum absolute atomic E-state index is 0.148. The average Bonchev–Trinajstić information content (AvgIpc) is 3.41. The molecule has 5 rings (SSSR count). The molecule has 6 heteroatoms. The Morgan fingerprint density at radius 1 is 1.00 bits per heavy atom. The van der Waals surface area contributed by atoms with Crippen LogP contribution in [0.4, 0.5) is 5.69 Å². The van der Waals surface area contributed by atoms with Gasteiger partial charge in [0.2, 0.25) is 0 Å². The van der Waals surface area contributed by atoms with E-state index in [1.54, 1.807) is 6.20 Å². The van der Waals surface area contributed by atoms with Crippen molar-refractivity contribution in [2.45, 2.75) is 25.9 Å². The molecule has 3 heterocycles. The van der Waals surface area contributed by atoms with Gasteiger partial charge in [-0.05, 0) is 79.7 Å². The van der Waals surface area contributed by atoms with E-state index in [2.05, 4.69) is 40.3 Å². The molecule has 1 aliphatic rings. The van der Waals surface area contributed by atoms with Crippen LogP contribution in [0.5, 0.6) is 0 Å². The van der Waals surface area contributed by atoms with E-state index in [-0.39, 0.29) is 12.1 Å². The summed E-state index contributed by atoms with van der Waals surface area (Å²) in [5.41, 5.74) is 5.07. The number of nitrogens with zero attached hydrogens (tertiary/aromatic N) is 2. The lowest BCUT2D eigenvalue weighted by atomic mass is 10.0. The molecule has 0 radical (unpaired) electrons. The Balaban J connectivity index is 1.60. The number of nitrogens with one attached hydrogen (secondary N) is 1. The van der Waals surface area contributed by atoms with E-state index in [0.717, 1.165) is 39.1 Å². The molecule has 1 aliphatic heterocycles.